The Bertz CT molecular complexity index is 336. The van der Waals surface area contributed by atoms with Crippen molar-refractivity contribution >= 4 is 11.7 Å². The number of rotatable bonds is 3. The van der Waals surface area contributed by atoms with E-state index in [-0.39, 0.29) is 6.79 Å². The summed E-state index contributed by atoms with van der Waals surface area (Å²) < 4.78 is 9.37. The number of nitrogens with two attached hydrogens (primary N) is 1. The van der Waals surface area contributed by atoms with E-state index in [1.807, 2.05) is 6.92 Å². The SMILES string of the molecule is COCOC(=O)c1ccc(C)c(N)c1. The lowest BCUT2D eigenvalue weighted by Gasteiger charge is -2.05. The van der Waals surface area contributed by atoms with Gasteiger partial charge in [0.1, 0.15) is 0 Å². The van der Waals surface area contributed by atoms with Gasteiger partial charge in [0, 0.05) is 12.8 Å². The van der Waals surface area contributed by atoms with Crippen molar-refractivity contribution in [2.75, 3.05) is 19.6 Å². The van der Waals surface area contributed by atoms with Gasteiger partial charge in [-0.3, -0.25) is 0 Å². The van der Waals surface area contributed by atoms with Crippen LogP contribution in [0.1, 0.15) is 15.9 Å². The van der Waals surface area contributed by atoms with E-state index in [1.165, 1.54) is 7.11 Å². The first-order chi connectivity index (χ1) is 6.65. The quantitative estimate of drug-likeness (QED) is 0.449. The molecule has 14 heavy (non-hydrogen) atoms. The molecule has 1 aromatic carbocycles. The highest BCUT2D eigenvalue weighted by atomic mass is 16.7. The van der Waals surface area contributed by atoms with E-state index in [0.29, 0.717) is 11.3 Å². The van der Waals surface area contributed by atoms with Gasteiger partial charge in [0.25, 0.3) is 0 Å². The zero-order valence-electron chi connectivity index (χ0n) is 8.24. The van der Waals surface area contributed by atoms with Gasteiger partial charge in [-0.15, -0.1) is 0 Å². The second-order valence-electron chi connectivity index (χ2n) is 2.91. The molecule has 0 aliphatic rings. The minimum absolute atomic E-state index is 0.0490. The van der Waals surface area contributed by atoms with Crippen LogP contribution in [0.4, 0.5) is 5.69 Å². The van der Waals surface area contributed by atoms with Crippen LogP contribution in [0.25, 0.3) is 0 Å². The molecule has 0 atom stereocenters. The van der Waals surface area contributed by atoms with Crippen LogP contribution in [-0.4, -0.2) is 19.9 Å². The summed E-state index contributed by atoms with van der Waals surface area (Å²) in [7, 11) is 1.46. The highest BCUT2D eigenvalue weighted by Gasteiger charge is 2.07. The van der Waals surface area contributed by atoms with Gasteiger partial charge < -0.3 is 15.2 Å². The zero-order valence-corrected chi connectivity index (χ0v) is 8.24. The van der Waals surface area contributed by atoms with Crippen molar-refractivity contribution < 1.29 is 14.3 Å². The van der Waals surface area contributed by atoms with Crippen molar-refractivity contribution in [2.24, 2.45) is 0 Å². The molecule has 1 aromatic rings. The maximum absolute atomic E-state index is 11.3. The van der Waals surface area contributed by atoms with Gasteiger partial charge in [-0.05, 0) is 24.6 Å². The van der Waals surface area contributed by atoms with Gasteiger partial charge in [0.2, 0.25) is 0 Å². The lowest BCUT2D eigenvalue weighted by Crippen LogP contribution is -2.08. The van der Waals surface area contributed by atoms with Gasteiger partial charge in [-0.2, -0.15) is 0 Å². The van der Waals surface area contributed by atoms with Gasteiger partial charge in [0.05, 0.1) is 5.56 Å². The maximum Gasteiger partial charge on any atom is 0.340 e. The van der Waals surface area contributed by atoms with Gasteiger partial charge in [0.15, 0.2) is 6.79 Å². The fraction of sp³-hybridized carbons (Fsp3) is 0.300. The molecular weight excluding hydrogens is 182 g/mol. The van der Waals surface area contributed by atoms with Crippen molar-refractivity contribution in [1.82, 2.24) is 0 Å². The minimum atomic E-state index is -0.432. The number of anilines is 1. The van der Waals surface area contributed by atoms with Crippen molar-refractivity contribution in [1.29, 1.82) is 0 Å². The average Bonchev–Trinajstić information content (AvgIpc) is 2.18. The third-order valence-electron chi connectivity index (χ3n) is 1.82. The number of benzene rings is 1. The van der Waals surface area contributed by atoms with Crippen LogP contribution >= 0.6 is 0 Å². The topological polar surface area (TPSA) is 61.5 Å². The Morgan fingerprint density at radius 1 is 1.50 bits per heavy atom. The van der Waals surface area contributed by atoms with Crippen LogP contribution in [-0.2, 0) is 9.47 Å². The normalized spacial score (nSPS) is 9.86. The third-order valence-corrected chi connectivity index (χ3v) is 1.82. The second kappa shape index (κ2) is 4.62. The number of carbonyl (C=O) groups excluding carboxylic acids is 1. The Hall–Kier alpha value is -1.55. The molecule has 0 spiro atoms. The molecule has 0 bridgehead atoms. The predicted molar refractivity (Wildman–Crippen MR) is 52.9 cm³/mol. The zero-order chi connectivity index (χ0) is 10.6. The van der Waals surface area contributed by atoms with Crippen molar-refractivity contribution in [2.45, 2.75) is 6.92 Å². The maximum atomic E-state index is 11.3. The van der Waals surface area contributed by atoms with E-state index >= 15 is 0 Å². The van der Waals surface area contributed by atoms with Crippen LogP contribution in [0.5, 0.6) is 0 Å². The molecule has 0 heterocycles. The van der Waals surface area contributed by atoms with E-state index < -0.39 is 5.97 Å². The van der Waals surface area contributed by atoms with Crippen LogP contribution in [0.2, 0.25) is 0 Å². The number of hydrogen-bond acceptors (Lipinski definition) is 4. The summed E-state index contributed by atoms with van der Waals surface area (Å²) in [6.45, 7) is 1.83. The number of ether oxygens (including phenoxy) is 2. The predicted octanol–water partition coefficient (Wildman–Crippen LogP) is 1.34. The fourth-order valence-corrected chi connectivity index (χ4v) is 0.963. The second-order valence-corrected chi connectivity index (χ2v) is 2.91. The Kier molecular flexibility index (Phi) is 3.48. The summed E-state index contributed by atoms with van der Waals surface area (Å²) in [5.74, 6) is -0.432. The summed E-state index contributed by atoms with van der Waals surface area (Å²) in [4.78, 5) is 11.3. The summed E-state index contributed by atoms with van der Waals surface area (Å²) in [5, 5.41) is 0. The van der Waals surface area contributed by atoms with Crippen LogP contribution in [0, 0.1) is 6.92 Å². The van der Waals surface area contributed by atoms with Gasteiger partial charge >= 0.3 is 5.97 Å². The monoisotopic (exact) mass is 195 g/mol. The number of hydrogen-bond donors (Lipinski definition) is 1. The first kappa shape index (κ1) is 10.5. The molecule has 4 heteroatoms. The molecule has 0 amide bonds. The molecule has 76 valence electrons. The molecule has 0 fully saturated rings. The highest BCUT2D eigenvalue weighted by molar-refractivity contribution is 5.90. The molecule has 0 unspecified atom stereocenters. The molecule has 0 radical (unpaired) electrons. The van der Waals surface area contributed by atoms with E-state index in [1.54, 1.807) is 18.2 Å². The number of methoxy groups -OCH3 is 1. The van der Waals surface area contributed by atoms with Crippen molar-refractivity contribution in [3.63, 3.8) is 0 Å². The smallest absolute Gasteiger partial charge is 0.340 e. The molecule has 0 aliphatic carbocycles. The molecule has 2 N–H and O–H groups in total. The van der Waals surface area contributed by atoms with E-state index in [4.69, 9.17) is 10.5 Å². The third kappa shape index (κ3) is 2.47. The molecule has 0 aliphatic heterocycles. The van der Waals surface area contributed by atoms with E-state index in [0.717, 1.165) is 5.56 Å². The molecule has 1 rings (SSSR count). The highest BCUT2D eigenvalue weighted by Crippen LogP contribution is 2.13. The fourth-order valence-electron chi connectivity index (χ4n) is 0.963. The summed E-state index contributed by atoms with van der Waals surface area (Å²) >= 11 is 0. The number of aryl methyl sites for hydroxylation is 1. The first-order valence-corrected chi connectivity index (χ1v) is 4.17. The Morgan fingerprint density at radius 3 is 2.79 bits per heavy atom. The van der Waals surface area contributed by atoms with Gasteiger partial charge in [-0.25, -0.2) is 4.79 Å². The van der Waals surface area contributed by atoms with Crippen LogP contribution in [0.3, 0.4) is 0 Å². The standard InChI is InChI=1S/C10H13NO3/c1-7-3-4-8(5-9(7)11)10(12)14-6-13-2/h3-5H,6,11H2,1-2H3. The summed E-state index contributed by atoms with van der Waals surface area (Å²) in [6, 6.07) is 5.04. The van der Waals surface area contributed by atoms with Crippen LogP contribution in [0.15, 0.2) is 18.2 Å². The lowest BCUT2D eigenvalue weighted by atomic mass is 10.1. The molecule has 0 saturated carbocycles. The molecule has 0 saturated heterocycles. The average molecular weight is 195 g/mol. The van der Waals surface area contributed by atoms with E-state index in [2.05, 4.69) is 4.74 Å². The van der Waals surface area contributed by atoms with Gasteiger partial charge in [-0.1, -0.05) is 6.07 Å². The number of nitrogen functional groups attached to an aromatic ring is 1. The van der Waals surface area contributed by atoms with Crippen LogP contribution < -0.4 is 5.73 Å². The van der Waals surface area contributed by atoms with Crippen molar-refractivity contribution in [3.05, 3.63) is 29.3 Å². The Labute approximate surface area is 82.6 Å². The lowest BCUT2D eigenvalue weighted by molar-refractivity contribution is -0.0124. The summed E-state index contributed by atoms with van der Waals surface area (Å²) in [5.41, 5.74) is 7.60. The Morgan fingerprint density at radius 2 is 2.21 bits per heavy atom. The van der Waals surface area contributed by atoms with E-state index in [9.17, 15) is 4.79 Å². The largest absolute Gasteiger partial charge is 0.435 e. The Balaban J connectivity index is 2.76. The number of carbonyl (C=O) groups is 1. The molecule has 0 aromatic heterocycles. The van der Waals surface area contributed by atoms with Crippen molar-refractivity contribution in [3.8, 4) is 0 Å². The molecular formula is C10H13NO3. The summed E-state index contributed by atoms with van der Waals surface area (Å²) in [6.07, 6.45) is 0. The molecule has 4 nitrogen and oxygen atoms in total. The number of esters is 1. The minimum Gasteiger partial charge on any atom is -0.435 e. The first-order valence-electron chi connectivity index (χ1n) is 4.17.